The van der Waals surface area contributed by atoms with Crippen molar-refractivity contribution in [3.05, 3.63) is 64.7 Å². The largest absolute Gasteiger partial charge is 0.489 e. The van der Waals surface area contributed by atoms with Crippen molar-refractivity contribution in [2.24, 2.45) is 5.16 Å². The van der Waals surface area contributed by atoms with Crippen molar-refractivity contribution in [1.82, 2.24) is 5.32 Å². The van der Waals surface area contributed by atoms with Crippen molar-refractivity contribution in [3.63, 3.8) is 0 Å². The number of amides is 1. The number of benzene rings is 2. The van der Waals surface area contributed by atoms with Crippen LogP contribution in [0.4, 0.5) is 0 Å². The van der Waals surface area contributed by atoms with Crippen LogP contribution in [0.1, 0.15) is 22.3 Å². The fourth-order valence-corrected chi connectivity index (χ4v) is 2.47. The van der Waals surface area contributed by atoms with E-state index in [2.05, 4.69) is 10.5 Å². The van der Waals surface area contributed by atoms with Gasteiger partial charge < -0.3 is 14.9 Å². The van der Waals surface area contributed by atoms with Gasteiger partial charge in [-0.25, -0.2) is 0 Å². The molecule has 2 aromatic rings. The van der Waals surface area contributed by atoms with Gasteiger partial charge in [-0.15, -0.1) is 0 Å². The first kappa shape index (κ1) is 17.5. The lowest BCUT2D eigenvalue weighted by atomic mass is 9.97. The number of carbonyl (C=O) groups is 1. The summed E-state index contributed by atoms with van der Waals surface area (Å²) in [5.41, 5.74) is 3.83. The molecular weight excluding hydrogens is 304 g/mol. The van der Waals surface area contributed by atoms with Crippen molar-refractivity contribution >= 4 is 11.6 Å². The highest BCUT2D eigenvalue weighted by Gasteiger charge is 2.20. The molecule has 0 saturated heterocycles. The third kappa shape index (κ3) is 3.93. The molecule has 0 fully saturated rings. The number of nitrogens with one attached hydrogen (secondary N) is 1. The molecule has 0 aliphatic carbocycles. The molecule has 0 unspecified atom stereocenters. The van der Waals surface area contributed by atoms with Gasteiger partial charge in [0.05, 0.1) is 0 Å². The van der Waals surface area contributed by atoms with E-state index < -0.39 is 0 Å². The Bertz CT molecular complexity index is 754. The van der Waals surface area contributed by atoms with Crippen LogP contribution in [-0.4, -0.2) is 25.8 Å². The quantitative estimate of drug-likeness (QED) is 0.656. The fraction of sp³-hybridized carbons (Fsp3) is 0.263. The van der Waals surface area contributed by atoms with Crippen LogP contribution in [0.2, 0.25) is 0 Å². The molecular formula is C19H22N2O3. The molecule has 5 nitrogen and oxygen atoms in total. The Kier molecular flexibility index (Phi) is 5.95. The molecule has 0 bridgehead atoms. The van der Waals surface area contributed by atoms with E-state index in [0.717, 1.165) is 28.0 Å². The lowest BCUT2D eigenvalue weighted by Gasteiger charge is -2.15. The Morgan fingerprint density at radius 1 is 1.08 bits per heavy atom. The molecule has 24 heavy (non-hydrogen) atoms. The summed E-state index contributed by atoms with van der Waals surface area (Å²) in [6.07, 6.45) is 0. The van der Waals surface area contributed by atoms with Crippen molar-refractivity contribution in [2.45, 2.75) is 20.5 Å². The van der Waals surface area contributed by atoms with E-state index in [1.165, 1.54) is 7.11 Å². The summed E-state index contributed by atoms with van der Waals surface area (Å²) >= 11 is 0. The zero-order valence-corrected chi connectivity index (χ0v) is 14.4. The number of rotatable bonds is 6. The molecule has 0 saturated carbocycles. The molecule has 126 valence electrons. The second-order valence-electron chi connectivity index (χ2n) is 5.36. The third-order valence-electron chi connectivity index (χ3n) is 3.70. The number of likely N-dealkylation sites (N-methyl/N-ethyl adjacent to an activating group) is 1. The molecule has 2 rings (SSSR count). The van der Waals surface area contributed by atoms with E-state index in [4.69, 9.17) is 9.57 Å². The van der Waals surface area contributed by atoms with Crippen LogP contribution in [0.15, 0.2) is 47.6 Å². The molecule has 0 heterocycles. The molecule has 0 aliphatic rings. The van der Waals surface area contributed by atoms with Gasteiger partial charge in [0.25, 0.3) is 5.91 Å². The molecule has 0 aromatic heterocycles. The summed E-state index contributed by atoms with van der Waals surface area (Å²) in [5, 5.41) is 6.50. The summed E-state index contributed by atoms with van der Waals surface area (Å²) in [6.45, 7) is 4.26. The summed E-state index contributed by atoms with van der Waals surface area (Å²) in [4.78, 5) is 17.0. The Hall–Kier alpha value is -2.82. The molecule has 1 N–H and O–H groups in total. The maximum Gasteiger partial charge on any atom is 0.273 e. The SMILES string of the molecule is CNC(=O)/C(=N/OC)c1c(C)cccc1COc1ccccc1C. The number of carbonyl (C=O) groups excluding carboxylic acids is 1. The van der Waals surface area contributed by atoms with Gasteiger partial charge in [0, 0.05) is 12.6 Å². The fourth-order valence-electron chi connectivity index (χ4n) is 2.47. The van der Waals surface area contributed by atoms with Crippen molar-refractivity contribution in [3.8, 4) is 5.75 Å². The molecule has 0 aliphatic heterocycles. The van der Waals surface area contributed by atoms with Crippen LogP contribution >= 0.6 is 0 Å². The monoisotopic (exact) mass is 326 g/mol. The maximum absolute atomic E-state index is 12.2. The zero-order valence-electron chi connectivity index (χ0n) is 14.4. The number of ether oxygens (including phenoxy) is 1. The summed E-state index contributed by atoms with van der Waals surface area (Å²) in [6, 6.07) is 13.6. The van der Waals surface area contributed by atoms with Gasteiger partial charge in [0.15, 0.2) is 5.71 Å². The Morgan fingerprint density at radius 2 is 1.79 bits per heavy atom. The smallest absolute Gasteiger partial charge is 0.273 e. The third-order valence-corrected chi connectivity index (χ3v) is 3.70. The van der Waals surface area contributed by atoms with E-state index in [-0.39, 0.29) is 11.6 Å². The molecule has 0 atom stereocenters. The number of para-hydroxylation sites is 1. The minimum Gasteiger partial charge on any atom is -0.489 e. The maximum atomic E-state index is 12.2. The van der Waals surface area contributed by atoms with Crippen LogP contribution in [0.3, 0.4) is 0 Å². The van der Waals surface area contributed by atoms with E-state index in [9.17, 15) is 4.79 Å². The minimum atomic E-state index is -0.303. The number of aryl methyl sites for hydroxylation is 2. The van der Waals surface area contributed by atoms with Crippen LogP contribution in [0.5, 0.6) is 5.75 Å². The molecule has 1 amide bonds. The van der Waals surface area contributed by atoms with E-state index in [1.807, 2.05) is 56.3 Å². The van der Waals surface area contributed by atoms with Gasteiger partial charge in [0.2, 0.25) is 0 Å². The standard InChI is InChI=1S/C19H22N2O3/c1-13-8-5-6-11-16(13)24-12-15-10-7-9-14(2)17(15)18(21-23-4)19(22)20-3/h5-11H,12H2,1-4H3,(H,20,22)/b21-18+. The van der Waals surface area contributed by atoms with Gasteiger partial charge >= 0.3 is 0 Å². The number of nitrogens with zero attached hydrogens (tertiary/aromatic N) is 1. The molecule has 2 aromatic carbocycles. The van der Waals surface area contributed by atoms with E-state index in [1.54, 1.807) is 7.05 Å². The van der Waals surface area contributed by atoms with Crippen molar-refractivity contribution in [1.29, 1.82) is 0 Å². The second-order valence-corrected chi connectivity index (χ2v) is 5.36. The highest BCUT2D eigenvalue weighted by molar-refractivity contribution is 6.45. The van der Waals surface area contributed by atoms with E-state index in [0.29, 0.717) is 6.61 Å². The predicted octanol–water partition coefficient (Wildman–Crippen LogP) is 2.98. The van der Waals surface area contributed by atoms with Crippen molar-refractivity contribution in [2.75, 3.05) is 14.2 Å². The second kappa shape index (κ2) is 8.15. The normalized spacial score (nSPS) is 11.1. The molecule has 0 radical (unpaired) electrons. The Labute approximate surface area is 142 Å². The Morgan fingerprint density at radius 3 is 2.46 bits per heavy atom. The highest BCUT2D eigenvalue weighted by Crippen LogP contribution is 2.21. The lowest BCUT2D eigenvalue weighted by molar-refractivity contribution is -0.114. The first-order valence-electron chi connectivity index (χ1n) is 7.69. The van der Waals surface area contributed by atoms with E-state index >= 15 is 0 Å². The van der Waals surface area contributed by atoms with Crippen LogP contribution in [-0.2, 0) is 16.2 Å². The van der Waals surface area contributed by atoms with Crippen LogP contribution in [0, 0.1) is 13.8 Å². The molecule has 0 spiro atoms. The van der Waals surface area contributed by atoms with Gasteiger partial charge in [-0.1, -0.05) is 41.6 Å². The lowest BCUT2D eigenvalue weighted by Crippen LogP contribution is -2.30. The summed E-state index contributed by atoms with van der Waals surface area (Å²) in [7, 11) is 2.99. The highest BCUT2D eigenvalue weighted by atomic mass is 16.6. The zero-order chi connectivity index (χ0) is 17.5. The van der Waals surface area contributed by atoms with Crippen molar-refractivity contribution < 1.29 is 14.4 Å². The summed E-state index contributed by atoms with van der Waals surface area (Å²) in [5.74, 6) is 0.512. The van der Waals surface area contributed by atoms with Gasteiger partial charge in [-0.05, 0) is 36.6 Å². The first-order chi connectivity index (χ1) is 11.6. The average Bonchev–Trinajstić information content (AvgIpc) is 2.59. The van der Waals surface area contributed by atoms with Gasteiger partial charge in [0.1, 0.15) is 19.5 Å². The van der Waals surface area contributed by atoms with Gasteiger partial charge in [-0.2, -0.15) is 0 Å². The summed E-state index contributed by atoms with van der Waals surface area (Å²) < 4.78 is 5.93. The average molecular weight is 326 g/mol. The van der Waals surface area contributed by atoms with Gasteiger partial charge in [-0.3, -0.25) is 4.79 Å². The Balaban J connectivity index is 2.37. The molecule has 5 heteroatoms. The number of hydrogen-bond donors (Lipinski definition) is 1. The number of hydrogen-bond acceptors (Lipinski definition) is 4. The topological polar surface area (TPSA) is 59.9 Å². The number of oxime groups is 1. The van der Waals surface area contributed by atoms with Crippen LogP contribution < -0.4 is 10.1 Å². The van der Waals surface area contributed by atoms with Crippen LogP contribution in [0.25, 0.3) is 0 Å². The first-order valence-corrected chi connectivity index (χ1v) is 7.69. The minimum absolute atomic E-state index is 0.237. The predicted molar refractivity (Wildman–Crippen MR) is 94.3 cm³/mol.